The average Bonchev–Trinajstić information content (AvgIpc) is 3.31. The summed E-state index contributed by atoms with van der Waals surface area (Å²) in [6, 6.07) is 11.9. The Morgan fingerprint density at radius 2 is 1.83 bits per heavy atom. The molecule has 0 amide bonds. The molecule has 4 rings (SSSR count). The first kappa shape index (κ1) is 26.4. The van der Waals surface area contributed by atoms with Gasteiger partial charge in [-0.15, -0.1) is 0 Å². The molecule has 3 heterocycles. The van der Waals surface area contributed by atoms with Gasteiger partial charge in [-0.1, -0.05) is 29.8 Å². The molecule has 4 N–H and O–H groups in total. The maximum atomic E-state index is 11.8. The zero-order valence-corrected chi connectivity index (χ0v) is 19.5. The maximum Gasteiger partial charge on any atom is 0.490 e. The van der Waals surface area contributed by atoms with E-state index >= 15 is 0 Å². The van der Waals surface area contributed by atoms with Crippen LogP contribution in [0, 0.1) is 19.8 Å². The van der Waals surface area contributed by atoms with Crippen molar-refractivity contribution in [3.8, 4) is 0 Å². The second kappa shape index (κ2) is 11.1. The number of carboxylic acids is 2. The Balaban J connectivity index is 0.000000454. The molecular weight excluding hydrogens is 481 g/mol. The Morgan fingerprint density at radius 3 is 2.42 bits per heavy atom. The molecule has 0 saturated carbocycles. The minimum absolute atomic E-state index is 0.109. The third kappa shape index (κ3) is 7.17. The van der Waals surface area contributed by atoms with Crippen molar-refractivity contribution in [2.75, 3.05) is 23.3 Å². The third-order valence-corrected chi connectivity index (χ3v) is 5.44. The molecule has 2 atom stereocenters. The number of aliphatic carboxylic acids is 2. The fourth-order valence-corrected chi connectivity index (χ4v) is 3.83. The number of alkyl halides is 3. The van der Waals surface area contributed by atoms with E-state index in [2.05, 4.69) is 50.6 Å². The van der Waals surface area contributed by atoms with Gasteiger partial charge in [-0.2, -0.15) is 23.3 Å². The normalized spacial score (nSPS) is 17.6. The Bertz CT molecular complexity index is 1200. The Kier molecular flexibility index (Phi) is 8.12. The summed E-state index contributed by atoms with van der Waals surface area (Å²) >= 11 is 0. The van der Waals surface area contributed by atoms with Gasteiger partial charge in [0.05, 0.1) is 12.1 Å². The first-order valence-corrected chi connectivity index (χ1v) is 10.9. The number of carbonyl (C=O) groups is 2. The zero-order valence-electron chi connectivity index (χ0n) is 19.5. The third-order valence-electron chi connectivity index (χ3n) is 5.44. The number of anilines is 3. The lowest BCUT2D eigenvalue weighted by Gasteiger charge is -2.36. The van der Waals surface area contributed by atoms with Gasteiger partial charge in [0.15, 0.2) is 0 Å². The number of H-pyrrole nitrogens is 1. The minimum Gasteiger partial charge on any atom is -0.481 e. The van der Waals surface area contributed by atoms with Crippen molar-refractivity contribution in [1.82, 2.24) is 20.2 Å². The summed E-state index contributed by atoms with van der Waals surface area (Å²) < 4.78 is 31.7. The summed E-state index contributed by atoms with van der Waals surface area (Å²) in [7, 11) is 0. The molecule has 2 aromatic heterocycles. The quantitative estimate of drug-likeness (QED) is 0.405. The van der Waals surface area contributed by atoms with Gasteiger partial charge in [-0.05, 0) is 25.8 Å². The standard InChI is InChI=1S/C21H24N6O2.C2HF3O2/c1-13-4-3-5-15(8-13)16-10-17(20(28)29)12-27(11-16)21-23-14(2)9-19(25-21)24-18-6-7-22-26-18;3-2(4,5)1(6)7/h3-9,16-17H,10-12H2,1-2H3,(H,28,29)(H2,22,23,24,25,26);(H,6,7)/t16-,17+;/m0./s1. The number of hydrogen-bond donors (Lipinski definition) is 4. The van der Waals surface area contributed by atoms with Gasteiger partial charge in [-0.25, -0.2) is 9.78 Å². The van der Waals surface area contributed by atoms with Crippen LogP contribution in [-0.2, 0) is 9.59 Å². The van der Waals surface area contributed by atoms with Crippen molar-refractivity contribution in [3.05, 3.63) is 59.4 Å². The van der Waals surface area contributed by atoms with E-state index in [-0.39, 0.29) is 5.92 Å². The molecule has 0 radical (unpaired) electrons. The largest absolute Gasteiger partial charge is 0.490 e. The van der Waals surface area contributed by atoms with Crippen LogP contribution < -0.4 is 10.2 Å². The number of rotatable bonds is 5. The predicted molar refractivity (Wildman–Crippen MR) is 124 cm³/mol. The summed E-state index contributed by atoms with van der Waals surface area (Å²) in [5.41, 5.74) is 3.13. The molecule has 0 unspecified atom stereocenters. The molecule has 10 nitrogen and oxygen atoms in total. The van der Waals surface area contributed by atoms with E-state index in [4.69, 9.17) is 9.90 Å². The maximum absolute atomic E-state index is 11.8. The lowest BCUT2D eigenvalue weighted by molar-refractivity contribution is -0.192. The van der Waals surface area contributed by atoms with Gasteiger partial charge in [-0.3, -0.25) is 9.89 Å². The summed E-state index contributed by atoms with van der Waals surface area (Å²) in [6.07, 6.45) is -2.81. The number of carboxylic acid groups (broad SMARTS) is 2. The van der Waals surface area contributed by atoms with Gasteiger partial charge in [0.25, 0.3) is 0 Å². The van der Waals surface area contributed by atoms with Gasteiger partial charge in [0.2, 0.25) is 5.95 Å². The van der Waals surface area contributed by atoms with Crippen LogP contribution in [0.2, 0.25) is 0 Å². The van der Waals surface area contributed by atoms with E-state index < -0.39 is 24.0 Å². The van der Waals surface area contributed by atoms with Gasteiger partial charge >= 0.3 is 18.1 Å². The number of halogens is 3. The SMILES string of the molecule is Cc1cccc([C@H]2C[C@@H](C(=O)O)CN(c3nc(C)cc(Nc4ccn[nH]4)n3)C2)c1.O=C(O)C(F)(F)F. The van der Waals surface area contributed by atoms with Crippen LogP contribution >= 0.6 is 0 Å². The molecular formula is C23H25F3N6O4. The predicted octanol–water partition coefficient (Wildman–Crippen LogP) is 3.89. The van der Waals surface area contributed by atoms with E-state index in [1.54, 1.807) is 6.20 Å². The smallest absolute Gasteiger partial charge is 0.481 e. The highest BCUT2D eigenvalue weighted by Crippen LogP contribution is 2.33. The lowest BCUT2D eigenvalue weighted by Crippen LogP contribution is -2.43. The van der Waals surface area contributed by atoms with Gasteiger partial charge in [0, 0.05) is 36.8 Å². The zero-order chi connectivity index (χ0) is 26.5. The second-order valence-electron chi connectivity index (χ2n) is 8.38. The molecule has 1 fully saturated rings. The molecule has 0 bridgehead atoms. The molecule has 1 aliphatic rings. The Hall–Kier alpha value is -4.16. The van der Waals surface area contributed by atoms with E-state index in [0.717, 1.165) is 17.1 Å². The van der Waals surface area contributed by atoms with Crippen LogP contribution in [0.3, 0.4) is 0 Å². The summed E-state index contributed by atoms with van der Waals surface area (Å²) in [6.45, 7) is 5.03. The number of aromatic nitrogens is 4. The van der Waals surface area contributed by atoms with Gasteiger partial charge < -0.3 is 20.4 Å². The summed E-state index contributed by atoms with van der Waals surface area (Å²) in [5, 5.41) is 26.8. The fourth-order valence-electron chi connectivity index (χ4n) is 3.83. The number of benzene rings is 1. The summed E-state index contributed by atoms with van der Waals surface area (Å²) in [4.78, 5) is 31.9. The number of aromatic amines is 1. The molecule has 1 aliphatic heterocycles. The molecule has 36 heavy (non-hydrogen) atoms. The first-order chi connectivity index (χ1) is 16.9. The van der Waals surface area contributed by atoms with Crippen LogP contribution in [0.25, 0.3) is 0 Å². The van der Waals surface area contributed by atoms with E-state index in [9.17, 15) is 23.1 Å². The first-order valence-electron chi connectivity index (χ1n) is 10.9. The van der Waals surface area contributed by atoms with Crippen molar-refractivity contribution in [2.45, 2.75) is 32.4 Å². The number of nitrogens with one attached hydrogen (secondary N) is 2. The van der Waals surface area contributed by atoms with Gasteiger partial charge in [0.1, 0.15) is 11.6 Å². The van der Waals surface area contributed by atoms with Crippen molar-refractivity contribution in [2.24, 2.45) is 5.92 Å². The van der Waals surface area contributed by atoms with Crippen LogP contribution in [0.1, 0.15) is 29.2 Å². The van der Waals surface area contributed by atoms with Crippen molar-refractivity contribution < 1.29 is 33.0 Å². The minimum atomic E-state index is -5.08. The molecule has 0 spiro atoms. The molecule has 0 aliphatic carbocycles. The van der Waals surface area contributed by atoms with Crippen molar-refractivity contribution in [1.29, 1.82) is 0 Å². The number of piperidine rings is 1. The average molecular weight is 506 g/mol. The molecule has 192 valence electrons. The molecule has 3 aromatic rings. The highest BCUT2D eigenvalue weighted by molar-refractivity contribution is 5.73. The number of hydrogen-bond acceptors (Lipinski definition) is 7. The highest BCUT2D eigenvalue weighted by atomic mass is 19.4. The van der Waals surface area contributed by atoms with E-state index in [0.29, 0.717) is 31.3 Å². The van der Waals surface area contributed by atoms with E-state index in [1.165, 1.54) is 5.56 Å². The fraction of sp³-hybridized carbons (Fsp3) is 0.348. The van der Waals surface area contributed by atoms with Crippen LogP contribution in [0.15, 0.2) is 42.6 Å². The van der Waals surface area contributed by atoms with E-state index in [1.807, 2.05) is 30.0 Å². The van der Waals surface area contributed by atoms with Crippen molar-refractivity contribution >= 4 is 29.5 Å². The Morgan fingerprint density at radius 1 is 1.11 bits per heavy atom. The molecule has 13 heteroatoms. The van der Waals surface area contributed by atoms with Crippen molar-refractivity contribution in [3.63, 3.8) is 0 Å². The van der Waals surface area contributed by atoms with Crippen LogP contribution in [0.5, 0.6) is 0 Å². The molecule has 1 saturated heterocycles. The number of nitrogens with zero attached hydrogens (tertiary/aromatic N) is 4. The Labute approximate surface area is 204 Å². The molecule has 1 aromatic carbocycles. The lowest BCUT2D eigenvalue weighted by atomic mass is 9.84. The summed E-state index contributed by atoms with van der Waals surface area (Å²) in [5.74, 6) is -1.99. The van der Waals surface area contributed by atoms with Crippen LogP contribution in [0.4, 0.5) is 30.8 Å². The highest BCUT2D eigenvalue weighted by Gasteiger charge is 2.38. The van der Waals surface area contributed by atoms with Crippen LogP contribution in [-0.4, -0.2) is 61.6 Å². The number of aryl methyl sites for hydroxylation is 2. The topological polar surface area (TPSA) is 144 Å². The monoisotopic (exact) mass is 506 g/mol. The second-order valence-corrected chi connectivity index (χ2v) is 8.38.